The monoisotopic (exact) mass is 205 g/mol. The lowest BCUT2D eigenvalue weighted by molar-refractivity contribution is -0.450. The predicted octanol–water partition coefficient (Wildman–Crippen LogP) is -1.02. The first-order chi connectivity index (χ1) is 7.27. The summed E-state index contributed by atoms with van der Waals surface area (Å²) >= 11 is 0. The molecule has 2 rings (SSSR count). The van der Waals surface area contributed by atoms with E-state index in [0.717, 1.165) is 0 Å². The molecular formula is C9H9N4O2+. The number of aromatic hydroxyl groups is 1. The van der Waals surface area contributed by atoms with Gasteiger partial charge in [0.05, 0.1) is 5.56 Å². The van der Waals surface area contributed by atoms with Crippen molar-refractivity contribution in [3.05, 3.63) is 29.8 Å². The van der Waals surface area contributed by atoms with Gasteiger partial charge in [0.25, 0.3) is 0 Å². The van der Waals surface area contributed by atoms with E-state index >= 15 is 0 Å². The summed E-state index contributed by atoms with van der Waals surface area (Å²) in [4.78, 5) is 14.3. The first-order valence-electron chi connectivity index (χ1n) is 4.35. The van der Waals surface area contributed by atoms with Crippen LogP contribution >= 0.6 is 0 Å². The van der Waals surface area contributed by atoms with Crippen molar-refractivity contribution in [2.24, 2.45) is 10.2 Å². The smallest absolute Gasteiger partial charge is 0.416 e. The van der Waals surface area contributed by atoms with Gasteiger partial charge in [0.1, 0.15) is 5.75 Å². The van der Waals surface area contributed by atoms with E-state index in [4.69, 9.17) is 0 Å². The van der Waals surface area contributed by atoms with Gasteiger partial charge in [-0.05, 0) is 12.1 Å². The Morgan fingerprint density at radius 2 is 2.27 bits per heavy atom. The maximum absolute atomic E-state index is 11.6. The maximum Gasteiger partial charge on any atom is 0.416 e. The van der Waals surface area contributed by atoms with Crippen molar-refractivity contribution < 1.29 is 14.9 Å². The summed E-state index contributed by atoms with van der Waals surface area (Å²) in [5.41, 5.74) is 0.203. The zero-order valence-corrected chi connectivity index (χ0v) is 7.77. The fourth-order valence-corrected chi connectivity index (χ4v) is 1.16. The number of carbonyl (C=O) groups excluding carboxylic acids is 1. The molecule has 6 heteroatoms. The van der Waals surface area contributed by atoms with Crippen LogP contribution in [-0.4, -0.2) is 23.6 Å². The third kappa shape index (κ3) is 1.98. The molecule has 1 aromatic carbocycles. The molecule has 0 radical (unpaired) electrons. The van der Waals surface area contributed by atoms with Crippen molar-refractivity contribution >= 4 is 11.9 Å². The van der Waals surface area contributed by atoms with E-state index in [-0.39, 0.29) is 11.3 Å². The summed E-state index contributed by atoms with van der Waals surface area (Å²) in [5, 5.41) is 19.2. The number of benzene rings is 1. The molecule has 0 saturated heterocycles. The number of azo groups is 1. The zero-order chi connectivity index (χ0) is 10.7. The molecular weight excluding hydrogens is 196 g/mol. The number of hydrogen-bond acceptors (Lipinski definition) is 4. The summed E-state index contributed by atoms with van der Waals surface area (Å²) in [7, 11) is 0. The minimum Gasteiger partial charge on any atom is -0.507 e. The van der Waals surface area contributed by atoms with Crippen molar-refractivity contribution in [1.82, 2.24) is 5.32 Å². The molecule has 0 bridgehead atoms. The number of amides is 1. The van der Waals surface area contributed by atoms with Crippen LogP contribution in [0.15, 0.2) is 34.5 Å². The lowest BCUT2D eigenvalue weighted by Gasteiger charge is -1.99. The van der Waals surface area contributed by atoms with Crippen LogP contribution in [0.4, 0.5) is 0 Å². The topological polar surface area (TPSA) is 88.0 Å². The van der Waals surface area contributed by atoms with E-state index in [0.29, 0.717) is 12.6 Å². The molecule has 0 fully saturated rings. The molecule has 76 valence electrons. The van der Waals surface area contributed by atoms with E-state index in [2.05, 4.69) is 20.5 Å². The number of rotatable bonds is 1. The Hall–Kier alpha value is -2.24. The average Bonchev–Trinajstić information content (AvgIpc) is 2.71. The van der Waals surface area contributed by atoms with Crippen LogP contribution in [0, 0.1) is 0 Å². The molecule has 0 spiro atoms. The molecule has 0 unspecified atom stereocenters. The molecule has 15 heavy (non-hydrogen) atoms. The number of guanidine groups is 1. The van der Waals surface area contributed by atoms with Crippen molar-refractivity contribution in [1.29, 1.82) is 0 Å². The number of carbonyl (C=O) groups is 1. The predicted molar refractivity (Wildman–Crippen MR) is 51.3 cm³/mol. The van der Waals surface area contributed by atoms with Gasteiger partial charge in [0, 0.05) is 5.11 Å². The van der Waals surface area contributed by atoms with E-state index in [1.54, 1.807) is 12.1 Å². The average molecular weight is 205 g/mol. The van der Waals surface area contributed by atoms with Crippen molar-refractivity contribution in [2.45, 2.75) is 0 Å². The highest BCUT2D eigenvalue weighted by Crippen LogP contribution is 2.14. The summed E-state index contributed by atoms with van der Waals surface area (Å²) in [6, 6.07) is 6.29. The Bertz CT molecular complexity index is 453. The Balaban J connectivity index is 2.15. The quantitative estimate of drug-likeness (QED) is 0.548. The van der Waals surface area contributed by atoms with Crippen molar-refractivity contribution in [2.75, 3.05) is 6.67 Å². The van der Waals surface area contributed by atoms with E-state index in [9.17, 15) is 9.90 Å². The molecule has 6 nitrogen and oxygen atoms in total. The lowest BCUT2D eigenvalue weighted by atomic mass is 10.2. The maximum atomic E-state index is 11.6. The van der Waals surface area contributed by atoms with E-state index in [1.165, 1.54) is 12.1 Å². The fraction of sp³-hybridized carbons (Fsp3) is 0.111. The first kappa shape index (κ1) is 9.32. The summed E-state index contributed by atoms with van der Waals surface area (Å²) in [5.74, 6) is -0.190. The van der Waals surface area contributed by atoms with Gasteiger partial charge in [0.2, 0.25) is 0 Å². The highest BCUT2D eigenvalue weighted by Gasteiger charge is 2.19. The number of phenols is 1. The van der Waals surface area contributed by atoms with Crippen LogP contribution in [0.25, 0.3) is 0 Å². The van der Waals surface area contributed by atoms with Crippen LogP contribution in [0.3, 0.4) is 0 Å². The normalized spacial score (nSPS) is 13.7. The van der Waals surface area contributed by atoms with Crippen LogP contribution < -0.4 is 10.3 Å². The molecule has 0 saturated carbocycles. The van der Waals surface area contributed by atoms with Crippen LogP contribution in [-0.2, 0) is 0 Å². The Kier molecular flexibility index (Phi) is 2.40. The van der Waals surface area contributed by atoms with Gasteiger partial charge < -0.3 is 5.11 Å². The minimum atomic E-state index is -0.420. The van der Waals surface area contributed by atoms with Gasteiger partial charge in [-0.2, -0.15) is 0 Å². The lowest BCUT2D eigenvalue weighted by Crippen LogP contribution is -2.73. The first-order valence-corrected chi connectivity index (χ1v) is 4.35. The molecule has 1 aromatic rings. The van der Waals surface area contributed by atoms with Gasteiger partial charge in [-0.25, -0.2) is 10.3 Å². The van der Waals surface area contributed by atoms with Gasteiger partial charge in [0.15, 0.2) is 6.67 Å². The number of para-hydroxylation sites is 1. The van der Waals surface area contributed by atoms with Crippen molar-refractivity contribution in [3.63, 3.8) is 0 Å². The minimum absolute atomic E-state index is 0.0643. The highest BCUT2D eigenvalue weighted by molar-refractivity contribution is 6.05. The van der Waals surface area contributed by atoms with E-state index < -0.39 is 5.91 Å². The molecule has 1 amide bonds. The largest absolute Gasteiger partial charge is 0.507 e. The fourth-order valence-electron chi connectivity index (χ4n) is 1.16. The van der Waals surface area contributed by atoms with E-state index in [1.807, 2.05) is 0 Å². The second-order valence-corrected chi connectivity index (χ2v) is 2.90. The summed E-state index contributed by atoms with van der Waals surface area (Å²) in [6.45, 7) is 0.358. The second kappa shape index (κ2) is 3.87. The molecule has 3 N–H and O–H groups in total. The zero-order valence-electron chi connectivity index (χ0n) is 7.77. The van der Waals surface area contributed by atoms with Gasteiger partial charge in [-0.1, -0.05) is 17.2 Å². The summed E-state index contributed by atoms with van der Waals surface area (Å²) < 4.78 is 0. The van der Waals surface area contributed by atoms with Gasteiger partial charge in [-0.3, -0.25) is 4.79 Å². The number of phenolic OH excluding ortho intramolecular Hbond substituents is 1. The molecule has 0 atom stereocenters. The Morgan fingerprint density at radius 1 is 1.47 bits per heavy atom. The number of nitrogens with one attached hydrogen (secondary N) is 2. The molecule has 0 aliphatic carbocycles. The molecule has 1 aliphatic rings. The number of nitrogens with zero attached hydrogens (tertiary/aromatic N) is 2. The van der Waals surface area contributed by atoms with Gasteiger partial charge in [-0.15, -0.1) is 0 Å². The second-order valence-electron chi connectivity index (χ2n) is 2.90. The molecule has 0 aromatic heterocycles. The SMILES string of the molecule is O=C(NC1=[NH+]CN=N1)c1ccccc1O. The molecule has 1 aliphatic heterocycles. The third-order valence-electron chi connectivity index (χ3n) is 1.87. The Morgan fingerprint density at radius 3 is 2.93 bits per heavy atom. The van der Waals surface area contributed by atoms with Gasteiger partial charge >= 0.3 is 11.9 Å². The standard InChI is InChI=1S/C9H8N4O2/c14-7-4-2-1-3-6(7)8(15)12-9-10-5-11-13-9/h1-4,14H,5H2,(H,10,12,15)/p+1. The third-order valence-corrected chi connectivity index (χ3v) is 1.87. The van der Waals surface area contributed by atoms with Crippen LogP contribution in [0.1, 0.15) is 10.4 Å². The summed E-state index contributed by atoms with van der Waals surface area (Å²) in [6.07, 6.45) is 0. The van der Waals surface area contributed by atoms with Crippen LogP contribution in [0.2, 0.25) is 0 Å². The molecule has 1 heterocycles. The van der Waals surface area contributed by atoms with Crippen LogP contribution in [0.5, 0.6) is 5.75 Å². The Labute approximate surface area is 85.4 Å². The number of hydrogen-bond donors (Lipinski definition) is 3. The highest BCUT2D eigenvalue weighted by atomic mass is 16.3. The van der Waals surface area contributed by atoms with Crippen molar-refractivity contribution in [3.8, 4) is 5.75 Å².